The maximum atomic E-state index is 4.56. The Balaban J connectivity index is 0.982. The summed E-state index contributed by atoms with van der Waals surface area (Å²) in [5.74, 6) is 0. The second kappa shape index (κ2) is 13.9. The van der Waals surface area contributed by atoms with Gasteiger partial charge in [-0.25, -0.2) is 0 Å². The van der Waals surface area contributed by atoms with E-state index in [4.69, 9.17) is 0 Å². The molecule has 9 aromatic carbocycles. The van der Waals surface area contributed by atoms with Crippen LogP contribution >= 0.6 is 0 Å². The van der Waals surface area contributed by atoms with E-state index in [2.05, 4.69) is 236 Å². The van der Waals surface area contributed by atoms with Crippen molar-refractivity contribution in [3.63, 3.8) is 0 Å². The molecule has 0 unspecified atom stereocenters. The van der Waals surface area contributed by atoms with Crippen LogP contribution in [0.2, 0.25) is 0 Å². The van der Waals surface area contributed by atoms with Gasteiger partial charge in [-0.05, 0) is 152 Å². The van der Waals surface area contributed by atoms with Crippen LogP contribution in [0.3, 0.4) is 0 Å². The molecule has 2 nitrogen and oxygen atoms in total. The molecule has 2 aliphatic rings. The van der Waals surface area contributed by atoms with Crippen molar-refractivity contribution in [2.45, 2.75) is 25.7 Å². The van der Waals surface area contributed by atoms with Gasteiger partial charge in [-0.3, -0.25) is 0 Å². The van der Waals surface area contributed by atoms with E-state index in [-0.39, 0.29) is 5.41 Å². The molecule has 2 aliphatic carbocycles. The predicted octanol–water partition coefficient (Wildman–Crippen LogP) is 16.1. The highest BCUT2D eigenvalue weighted by molar-refractivity contribution is 6.13. The van der Waals surface area contributed by atoms with Crippen molar-refractivity contribution in [3.05, 3.63) is 235 Å². The summed E-state index contributed by atoms with van der Waals surface area (Å²) >= 11 is 0. The molecule has 0 atom stereocenters. The van der Waals surface area contributed by atoms with E-state index in [0.717, 1.165) is 29.2 Å². The molecule has 0 fully saturated rings. The molecule has 0 amide bonds. The van der Waals surface area contributed by atoms with E-state index >= 15 is 0 Å². The first-order valence-corrected chi connectivity index (χ1v) is 21.7. The highest BCUT2D eigenvalue weighted by atomic mass is 15.1. The fraction of sp³-hybridized carbons (Fsp3) is 0.0667. The highest BCUT2D eigenvalue weighted by Crippen LogP contribution is 2.51. The largest absolute Gasteiger partial charge is 0.310 e. The maximum absolute atomic E-state index is 4.56. The molecular weight excluding hydrogens is 749 g/mol. The van der Waals surface area contributed by atoms with Gasteiger partial charge in [0.25, 0.3) is 0 Å². The minimum absolute atomic E-state index is 0.104. The Kier molecular flexibility index (Phi) is 8.14. The third kappa shape index (κ3) is 5.64. The monoisotopic (exact) mass is 792 g/mol. The van der Waals surface area contributed by atoms with Crippen LogP contribution in [0.1, 0.15) is 36.1 Å². The van der Waals surface area contributed by atoms with Gasteiger partial charge in [-0.15, -0.1) is 0 Å². The van der Waals surface area contributed by atoms with Crippen LogP contribution < -0.4 is 4.90 Å². The number of para-hydroxylation sites is 1. The molecule has 12 rings (SSSR count). The van der Waals surface area contributed by atoms with Crippen molar-refractivity contribution in [2.24, 2.45) is 0 Å². The van der Waals surface area contributed by atoms with E-state index in [1.54, 1.807) is 0 Å². The van der Waals surface area contributed by atoms with Crippen LogP contribution in [0.15, 0.2) is 213 Å². The number of nitrogens with zero attached hydrogens (tertiary/aromatic N) is 2. The van der Waals surface area contributed by atoms with Crippen molar-refractivity contribution in [2.75, 3.05) is 4.90 Å². The summed E-state index contributed by atoms with van der Waals surface area (Å²) in [5.41, 5.74) is 23.3. The summed E-state index contributed by atoms with van der Waals surface area (Å²) in [4.78, 5) is 2.41. The topological polar surface area (TPSA) is 8.17 Å². The van der Waals surface area contributed by atoms with Gasteiger partial charge in [-0.2, -0.15) is 0 Å². The van der Waals surface area contributed by atoms with E-state index in [1.165, 1.54) is 94.1 Å². The lowest BCUT2D eigenvalue weighted by atomic mass is 9.82. The van der Waals surface area contributed by atoms with Crippen LogP contribution in [0, 0.1) is 0 Å². The van der Waals surface area contributed by atoms with Crippen molar-refractivity contribution < 1.29 is 0 Å². The number of rotatable bonds is 6. The lowest BCUT2D eigenvalue weighted by molar-refractivity contribution is 0.660. The third-order valence-electron chi connectivity index (χ3n) is 13.5. The minimum Gasteiger partial charge on any atom is -0.310 e. The molecule has 62 heavy (non-hydrogen) atoms. The summed E-state index contributed by atoms with van der Waals surface area (Å²) in [7, 11) is 0. The zero-order chi connectivity index (χ0) is 41.5. The number of benzene rings is 9. The Morgan fingerprint density at radius 1 is 0.419 bits per heavy atom. The Bertz CT molecular complexity index is 3390. The molecule has 1 heterocycles. The van der Waals surface area contributed by atoms with Crippen LogP contribution in [0.5, 0.6) is 0 Å². The second-order valence-electron chi connectivity index (χ2n) is 17.5. The Morgan fingerprint density at radius 3 is 1.73 bits per heavy atom. The summed E-state index contributed by atoms with van der Waals surface area (Å²) in [6, 6.07) is 76.0. The molecular formula is C60H44N2. The van der Waals surface area contributed by atoms with Gasteiger partial charge in [-0.1, -0.05) is 154 Å². The predicted molar refractivity (Wildman–Crippen MR) is 262 cm³/mol. The summed E-state index contributed by atoms with van der Waals surface area (Å²) in [6.07, 6.45) is 0.871. The van der Waals surface area contributed by atoms with Crippen LogP contribution in [0.25, 0.3) is 77.6 Å². The lowest BCUT2D eigenvalue weighted by Crippen LogP contribution is -2.16. The minimum atomic E-state index is -0.104. The molecule has 0 saturated carbocycles. The van der Waals surface area contributed by atoms with Crippen molar-refractivity contribution in [3.8, 4) is 50.2 Å². The zero-order valence-corrected chi connectivity index (χ0v) is 34.9. The molecule has 0 spiro atoms. The van der Waals surface area contributed by atoms with E-state index < -0.39 is 0 Å². The van der Waals surface area contributed by atoms with Gasteiger partial charge in [0.05, 0.1) is 11.0 Å². The molecule has 0 N–H and O–H groups in total. The van der Waals surface area contributed by atoms with Gasteiger partial charge in [0.15, 0.2) is 0 Å². The number of fused-ring (bicyclic) bond motifs is 9. The van der Waals surface area contributed by atoms with Crippen molar-refractivity contribution in [1.82, 2.24) is 4.57 Å². The van der Waals surface area contributed by atoms with Gasteiger partial charge >= 0.3 is 0 Å². The summed E-state index contributed by atoms with van der Waals surface area (Å²) in [6.45, 7) is 9.27. The first-order chi connectivity index (χ1) is 30.4. The number of allylic oxidation sites excluding steroid dienone is 1. The number of aromatic nitrogens is 1. The fourth-order valence-electron chi connectivity index (χ4n) is 10.4. The molecule has 294 valence electrons. The molecule has 0 bridgehead atoms. The smallest absolute Gasteiger partial charge is 0.0547 e. The lowest BCUT2D eigenvalue weighted by Gasteiger charge is -2.28. The van der Waals surface area contributed by atoms with Gasteiger partial charge < -0.3 is 9.47 Å². The van der Waals surface area contributed by atoms with Crippen molar-refractivity contribution in [1.29, 1.82) is 0 Å². The SMILES string of the molecule is C=C1Cc2ccccc2-c2cc3c4cc(-c5ccc(N(c6ccc(-c7ccccc7)cc6)c6ccc7c(c6)C(C)(C)c6ccccc6-7)cc5)ccc4n(-c4ccccc4)c3cc21. The highest BCUT2D eigenvalue weighted by Gasteiger charge is 2.35. The maximum Gasteiger partial charge on any atom is 0.0547 e. The molecule has 0 saturated heterocycles. The zero-order valence-electron chi connectivity index (χ0n) is 34.9. The summed E-state index contributed by atoms with van der Waals surface area (Å²) in [5, 5.41) is 2.49. The third-order valence-corrected chi connectivity index (χ3v) is 13.5. The van der Waals surface area contributed by atoms with E-state index in [9.17, 15) is 0 Å². The summed E-state index contributed by atoms with van der Waals surface area (Å²) < 4.78 is 2.42. The average molecular weight is 793 g/mol. The number of anilines is 3. The molecule has 1 aromatic heterocycles. The average Bonchev–Trinajstić information content (AvgIpc) is 3.76. The quantitative estimate of drug-likeness (QED) is 0.163. The van der Waals surface area contributed by atoms with E-state index in [1.807, 2.05) is 0 Å². The van der Waals surface area contributed by atoms with Gasteiger partial charge in [0.2, 0.25) is 0 Å². The number of hydrogen-bond donors (Lipinski definition) is 0. The molecule has 10 aromatic rings. The van der Waals surface area contributed by atoms with Crippen LogP contribution in [0.4, 0.5) is 17.1 Å². The van der Waals surface area contributed by atoms with E-state index in [0.29, 0.717) is 0 Å². The first kappa shape index (κ1) is 36.2. The fourth-order valence-corrected chi connectivity index (χ4v) is 10.4. The number of hydrogen-bond acceptors (Lipinski definition) is 1. The molecule has 2 heteroatoms. The first-order valence-electron chi connectivity index (χ1n) is 21.7. The van der Waals surface area contributed by atoms with Crippen molar-refractivity contribution >= 4 is 44.4 Å². The molecule has 0 radical (unpaired) electrons. The Morgan fingerprint density at radius 2 is 0.984 bits per heavy atom. The standard InChI is InChI=1S/C60H44N2/c1-39-34-44-16-10-11-19-49(44)53-37-55-54-35-43(26-33-58(54)62(59(55)38-52(39)53)45-17-8-5-9-18-45)42-24-29-47(30-25-42)61(46-27-22-41(23-28-46)40-14-6-4-7-15-40)48-31-32-51-50-20-12-13-21-56(50)60(2,3)57(51)36-48/h4-33,35-38H,1,34H2,2-3H3. The van der Waals surface area contributed by atoms with Gasteiger partial charge in [0.1, 0.15) is 0 Å². The Hall–Kier alpha value is -7.68. The van der Waals surface area contributed by atoms with Crippen LogP contribution in [-0.4, -0.2) is 4.57 Å². The Labute approximate surface area is 363 Å². The van der Waals surface area contributed by atoms with Gasteiger partial charge in [0, 0.05) is 38.9 Å². The van der Waals surface area contributed by atoms with Crippen LogP contribution in [-0.2, 0) is 11.8 Å². The molecule has 0 aliphatic heterocycles. The normalized spacial score (nSPS) is 13.4. The second-order valence-corrected chi connectivity index (χ2v) is 17.5.